The molecule has 3 aromatic rings. The van der Waals surface area contributed by atoms with E-state index >= 15 is 0 Å². The van der Waals surface area contributed by atoms with Crippen molar-refractivity contribution in [1.82, 2.24) is 4.98 Å². The highest BCUT2D eigenvalue weighted by atomic mass is 16.6. The fourth-order valence-corrected chi connectivity index (χ4v) is 2.68. The largest absolute Gasteiger partial charge is 0.444 e. The van der Waals surface area contributed by atoms with Gasteiger partial charge in [0.1, 0.15) is 6.61 Å². The van der Waals surface area contributed by atoms with Crippen LogP contribution in [0.3, 0.4) is 0 Å². The Hall–Kier alpha value is -3.74. The zero-order chi connectivity index (χ0) is 20.8. The number of carbonyl (C=O) groups is 1. The highest BCUT2D eigenvalue weighted by Crippen LogP contribution is 2.24. The summed E-state index contributed by atoms with van der Waals surface area (Å²) in [5, 5.41) is 10.7. The number of hydrogen-bond acceptors (Lipinski definition) is 5. The summed E-state index contributed by atoms with van der Waals surface area (Å²) in [4.78, 5) is 28.5. The van der Waals surface area contributed by atoms with Gasteiger partial charge in [0.15, 0.2) is 0 Å². The monoisotopic (exact) mass is 390 g/mol. The Morgan fingerprint density at radius 1 is 1.14 bits per heavy atom. The van der Waals surface area contributed by atoms with E-state index in [9.17, 15) is 14.9 Å². The number of benzene rings is 2. The Morgan fingerprint density at radius 3 is 2.48 bits per heavy atom. The third kappa shape index (κ3) is 4.95. The Labute approximate surface area is 168 Å². The Balaban J connectivity index is 1.66. The van der Waals surface area contributed by atoms with Crippen LogP contribution in [-0.2, 0) is 17.8 Å². The lowest BCUT2D eigenvalue weighted by Crippen LogP contribution is -2.26. The van der Waals surface area contributed by atoms with Gasteiger partial charge in [0.05, 0.1) is 10.6 Å². The van der Waals surface area contributed by atoms with Gasteiger partial charge in [0.2, 0.25) is 0 Å². The molecule has 7 nitrogen and oxygen atoms in total. The number of rotatable bonds is 6. The van der Waals surface area contributed by atoms with Crippen molar-refractivity contribution in [2.45, 2.75) is 13.0 Å². The van der Waals surface area contributed by atoms with Crippen LogP contribution >= 0.6 is 0 Å². The lowest BCUT2D eigenvalue weighted by atomic mass is 10.1. The van der Waals surface area contributed by atoms with Gasteiger partial charge in [-0.15, -0.1) is 0 Å². The number of amides is 1. The summed E-state index contributed by atoms with van der Waals surface area (Å²) in [6.45, 7) is 3.86. The van der Waals surface area contributed by atoms with Crippen molar-refractivity contribution in [3.05, 3.63) is 95.0 Å². The maximum atomic E-state index is 12.4. The second-order valence-electron chi connectivity index (χ2n) is 6.39. The highest BCUT2D eigenvalue weighted by molar-refractivity contribution is 5.88. The second kappa shape index (κ2) is 8.97. The molecule has 1 amide bonds. The first-order valence-corrected chi connectivity index (χ1v) is 8.96. The summed E-state index contributed by atoms with van der Waals surface area (Å²) < 4.78 is 5.32. The molecule has 1 heterocycles. The van der Waals surface area contributed by atoms with E-state index in [1.165, 1.54) is 17.0 Å². The lowest BCUT2D eigenvalue weighted by molar-refractivity contribution is -0.384. The maximum Gasteiger partial charge on any atom is 0.414 e. The standard InChI is InChI=1S/C22H20N3O4/c1-3-16-9-12-21(23-14-16)18-5-4-6-20(13-18)24(2)22(26)29-15-17-7-10-19(11-8-17)25(27)28/h4-14H,1,3,15H2,2H3. The average molecular weight is 390 g/mol. The molecule has 0 aliphatic carbocycles. The van der Waals surface area contributed by atoms with Gasteiger partial charge in [-0.2, -0.15) is 0 Å². The average Bonchev–Trinajstić information content (AvgIpc) is 2.77. The Kier molecular flexibility index (Phi) is 6.19. The van der Waals surface area contributed by atoms with Crippen LogP contribution in [0.1, 0.15) is 11.1 Å². The quantitative estimate of drug-likeness (QED) is 0.445. The molecule has 0 saturated heterocycles. The van der Waals surface area contributed by atoms with Crippen LogP contribution in [0.25, 0.3) is 11.3 Å². The topological polar surface area (TPSA) is 85.6 Å². The second-order valence-corrected chi connectivity index (χ2v) is 6.39. The molecule has 0 N–H and O–H groups in total. The van der Waals surface area contributed by atoms with Crippen molar-refractivity contribution < 1.29 is 14.5 Å². The van der Waals surface area contributed by atoms with Gasteiger partial charge < -0.3 is 4.74 Å². The van der Waals surface area contributed by atoms with Gasteiger partial charge in [-0.25, -0.2) is 4.79 Å². The minimum atomic E-state index is -0.527. The molecule has 0 fully saturated rings. The lowest BCUT2D eigenvalue weighted by Gasteiger charge is -2.18. The summed E-state index contributed by atoms with van der Waals surface area (Å²) >= 11 is 0. The van der Waals surface area contributed by atoms with Crippen molar-refractivity contribution in [3.63, 3.8) is 0 Å². The van der Waals surface area contributed by atoms with Crippen LogP contribution < -0.4 is 4.90 Å². The number of aromatic nitrogens is 1. The fraction of sp³-hybridized carbons (Fsp3) is 0.136. The predicted molar refractivity (Wildman–Crippen MR) is 110 cm³/mol. The Bertz CT molecular complexity index is 1000. The van der Waals surface area contributed by atoms with E-state index in [1.54, 1.807) is 31.4 Å². The molecule has 0 aliphatic heterocycles. The minimum absolute atomic E-state index is 0.00847. The van der Waals surface area contributed by atoms with Crippen LogP contribution in [0, 0.1) is 17.0 Å². The molecule has 1 radical (unpaired) electrons. The molecule has 29 heavy (non-hydrogen) atoms. The fourth-order valence-electron chi connectivity index (χ4n) is 2.68. The van der Waals surface area contributed by atoms with Crippen molar-refractivity contribution in [2.75, 3.05) is 11.9 Å². The predicted octanol–water partition coefficient (Wildman–Crippen LogP) is 4.81. The van der Waals surface area contributed by atoms with E-state index < -0.39 is 11.0 Å². The van der Waals surface area contributed by atoms with Crippen molar-refractivity contribution in [2.24, 2.45) is 0 Å². The van der Waals surface area contributed by atoms with Gasteiger partial charge in [0, 0.05) is 36.6 Å². The number of non-ortho nitro benzene ring substituents is 1. The summed E-state index contributed by atoms with van der Waals surface area (Å²) in [6.07, 6.45) is 1.94. The minimum Gasteiger partial charge on any atom is -0.444 e. The van der Waals surface area contributed by atoms with E-state index in [1.807, 2.05) is 30.3 Å². The number of pyridine rings is 1. The number of carbonyl (C=O) groups excluding carboxylic acids is 1. The zero-order valence-electron chi connectivity index (χ0n) is 15.9. The zero-order valence-corrected chi connectivity index (χ0v) is 15.9. The van der Waals surface area contributed by atoms with E-state index in [4.69, 9.17) is 4.74 Å². The smallest absolute Gasteiger partial charge is 0.414 e. The van der Waals surface area contributed by atoms with Crippen LogP contribution in [0.2, 0.25) is 0 Å². The molecule has 0 spiro atoms. The van der Waals surface area contributed by atoms with Gasteiger partial charge in [-0.05, 0) is 54.8 Å². The van der Waals surface area contributed by atoms with E-state index in [-0.39, 0.29) is 12.3 Å². The summed E-state index contributed by atoms with van der Waals surface area (Å²) in [5.41, 5.74) is 4.06. The van der Waals surface area contributed by atoms with Crippen LogP contribution in [0.15, 0.2) is 66.9 Å². The van der Waals surface area contributed by atoms with E-state index in [0.29, 0.717) is 17.7 Å². The van der Waals surface area contributed by atoms with Crippen LogP contribution in [0.5, 0.6) is 0 Å². The number of anilines is 1. The molecule has 0 bridgehead atoms. The summed E-state index contributed by atoms with van der Waals surface area (Å²) in [5.74, 6) is 0. The van der Waals surface area contributed by atoms with E-state index in [0.717, 1.165) is 16.8 Å². The number of nitro groups is 1. The van der Waals surface area contributed by atoms with Crippen LogP contribution in [-0.4, -0.2) is 23.0 Å². The number of ether oxygens (including phenoxy) is 1. The van der Waals surface area contributed by atoms with Crippen molar-refractivity contribution >= 4 is 17.5 Å². The molecule has 147 valence electrons. The molecule has 2 aromatic carbocycles. The third-order valence-corrected chi connectivity index (χ3v) is 4.43. The highest BCUT2D eigenvalue weighted by Gasteiger charge is 2.14. The number of hydrogen-bond donors (Lipinski definition) is 0. The van der Waals surface area contributed by atoms with Gasteiger partial charge in [-0.1, -0.05) is 18.2 Å². The molecule has 0 aliphatic rings. The SMILES string of the molecule is [CH2]Cc1ccc(-c2cccc(N(C)C(=O)OCc3ccc([N+](=O)[O-])cc3)c2)nc1. The molecule has 1 aromatic heterocycles. The van der Waals surface area contributed by atoms with Gasteiger partial charge in [-0.3, -0.25) is 20.0 Å². The first-order chi connectivity index (χ1) is 14.0. The third-order valence-electron chi connectivity index (χ3n) is 4.43. The maximum absolute atomic E-state index is 12.4. The Morgan fingerprint density at radius 2 is 1.86 bits per heavy atom. The first-order valence-electron chi connectivity index (χ1n) is 8.96. The summed E-state index contributed by atoms with van der Waals surface area (Å²) in [7, 11) is 1.62. The van der Waals surface area contributed by atoms with Gasteiger partial charge >= 0.3 is 6.09 Å². The molecule has 0 atom stereocenters. The molecule has 3 rings (SSSR count). The molecular formula is C22H20N3O4. The van der Waals surface area contributed by atoms with E-state index in [2.05, 4.69) is 11.9 Å². The van der Waals surface area contributed by atoms with Crippen molar-refractivity contribution in [1.29, 1.82) is 0 Å². The summed E-state index contributed by atoms with van der Waals surface area (Å²) in [6, 6.07) is 17.2. The number of nitro benzene ring substituents is 1. The molecule has 7 heteroatoms. The molecular weight excluding hydrogens is 370 g/mol. The normalized spacial score (nSPS) is 10.4. The number of nitrogens with zero attached hydrogens (tertiary/aromatic N) is 3. The van der Waals surface area contributed by atoms with Crippen molar-refractivity contribution in [3.8, 4) is 11.3 Å². The van der Waals surface area contributed by atoms with Gasteiger partial charge in [0.25, 0.3) is 5.69 Å². The van der Waals surface area contributed by atoms with Crippen LogP contribution in [0.4, 0.5) is 16.2 Å². The molecule has 0 unspecified atom stereocenters. The molecule has 0 saturated carbocycles. The first kappa shape index (κ1) is 20.0.